The number of nitrogens with zero attached hydrogens (tertiary/aromatic N) is 5. The topological polar surface area (TPSA) is 84.6 Å². The standard InChI is InChI=1S/C24H28N6O2S/c1-24(2,13-32-4)29(3)23(31)15-5-6-18-19(11-15)33-22-20(18)21(25-14-26-22)28-16-8-10-30-17(12-16)7-9-27-30/h7-10,12,14-15H,5-6,11,13H2,1-4H3,(H,25,26,28). The number of anilines is 2. The first-order valence-electron chi connectivity index (χ1n) is 11.1. The zero-order valence-electron chi connectivity index (χ0n) is 19.3. The van der Waals surface area contributed by atoms with Crippen LogP contribution >= 0.6 is 11.3 Å². The fourth-order valence-electron chi connectivity index (χ4n) is 4.57. The molecule has 0 aromatic carbocycles. The molecule has 1 amide bonds. The molecule has 33 heavy (non-hydrogen) atoms. The monoisotopic (exact) mass is 464 g/mol. The van der Waals surface area contributed by atoms with Crippen LogP contribution in [0.5, 0.6) is 0 Å². The van der Waals surface area contributed by atoms with E-state index in [0.717, 1.165) is 46.5 Å². The lowest BCUT2D eigenvalue weighted by Gasteiger charge is -2.38. The fraction of sp³-hybridized carbons (Fsp3) is 0.417. The van der Waals surface area contributed by atoms with Gasteiger partial charge in [-0.3, -0.25) is 4.79 Å². The van der Waals surface area contributed by atoms with E-state index in [4.69, 9.17) is 4.74 Å². The van der Waals surface area contributed by atoms with Crippen molar-refractivity contribution in [3.63, 3.8) is 0 Å². The molecule has 4 aromatic heterocycles. The van der Waals surface area contributed by atoms with Gasteiger partial charge in [-0.05, 0) is 56.9 Å². The van der Waals surface area contributed by atoms with Crippen LogP contribution in [0.1, 0.15) is 30.7 Å². The number of amides is 1. The molecular weight excluding hydrogens is 436 g/mol. The molecule has 8 nitrogen and oxygen atoms in total. The van der Waals surface area contributed by atoms with Gasteiger partial charge in [0.2, 0.25) is 5.91 Å². The second-order valence-corrected chi connectivity index (χ2v) is 10.3. The maximum absolute atomic E-state index is 13.3. The highest BCUT2D eigenvalue weighted by Gasteiger charge is 2.35. The lowest BCUT2D eigenvalue weighted by atomic mass is 9.86. The van der Waals surface area contributed by atoms with Crippen molar-refractivity contribution < 1.29 is 9.53 Å². The number of methoxy groups -OCH3 is 1. The van der Waals surface area contributed by atoms with Gasteiger partial charge in [0.15, 0.2) is 0 Å². The maximum Gasteiger partial charge on any atom is 0.226 e. The Morgan fingerprint density at radius 2 is 2.21 bits per heavy atom. The highest BCUT2D eigenvalue weighted by atomic mass is 32.1. The Morgan fingerprint density at radius 1 is 1.36 bits per heavy atom. The number of thiophene rings is 1. The Balaban J connectivity index is 1.42. The second kappa shape index (κ2) is 8.39. The van der Waals surface area contributed by atoms with Crippen LogP contribution in [0.25, 0.3) is 15.7 Å². The molecule has 0 spiro atoms. The lowest BCUT2D eigenvalue weighted by molar-refractivity contribution is -0.141. The Hall–Kier alpha value is -3.04. The van der Waals surface area contributed by atoms with Crippen molar-refractivity contribution in [2.24, 2.45) is 5.92 Å². The Kier molecular flexibility index (Phi) is 5.54. The highest BCUT2D eigenvalue weighted by Crippen LogP contribution is 2.41. The quantitative estimate of drug-likeness (QED) is 0.463. The van der Waals surface area contributed by atoms with E-state index >= 15 is 0 Å². The van der Waals surface area contributed by atoms with E-state index in [-0.39, 0.29) is 17.4 Å². The van der Waals surface area contributed by atoms with E-state index < -0.39 is 0 Å². The summed E-state index contributed by atoms with van der Waals surface area (Å²) in [4.78, 5) is 26.4. The van der Waals surface area contributed by atoms with E-state index in [2.05, 4.69) is 20.4 Å². The fourth-order valence-corrected chi connectivity index (χ4v) is 5.84. The Morgan fingerprint density at radius 3 is 3.03 bits per heavy atom. The number of rotatable bonds is 6. The van der Waals surface area contributed by atoms with Gasteiger partial charge in [-0.1, -0.05) is 0 Å². The molecule has 0 fully saturated rings. The van der Waals surface area contributed by atoms with Crippen LogP contribution in [0.2, 0.25) is 0 Å². The van der Waals surface area contributed by atoms with Gasteiger partial charge in [-0.25, -0.2) is 14.5 Å². The number of carbonyl (C=O) groups is 1. The van der Waals surface area contributed by atoms with Crippen LogP contribution < -0.4 is 5.32 Å². The summed E-state index contributed by atoms with van der Waals surface area (Å²) in [6.07, 6.45) is 7.71. The summed E-state index contributed by atoms with van der Waals surface area (Å²) in [5.74, 6) is 0.962. The van der Waals surface area contributed by atoms with Crippen LogP contribution in [0.4, 0.5) is 11.5 Å². The number of ether oxygens (including phenoxy) is 1. The minimum atomic E-state index is -0.342. The average Bonchev–Trinajstić information content (AvgIpc) is 3.41. The number of fused-ring (bicyclic) bond motifs is 4. The molecule has 0 radical (unpaired) electrons. The van der Waals surface area contributed by atoms with Crippen LogP contribution in [-0.4, -0.2) is 56.7 Å². The number of pyridine rings is 1. The number of aromatic nitrogens is 4. The van der Waals surface area contributed by atoms with Crippen molar-refractivity contribution >= 4 is 44.5 Å². The Bertz CT molecular complexity index is 1330. The van der Waals surface area contributed by atoms with Crippen LogP contribution in [0.3, 0.4) is 0 Å². The van der Waals surface area contributed by atoms with Gasteiger partial charge < -0.3 is 15.0 Å². The summed E-state index contributed by atoms with van der Waals surface area (Å²) in [6.45, 7) is 4.58. The Labute approximate surface area is 196 Å². The SMILES string of the molecule is COCC(C)(C)N(C)C(=O)C1CCc2c(sc3ncnc(Nc4ccn5nccc5c4)c23)C1. The summed E-state index contributed by atoms with van der Waals surface area (Å²) in [5.41, 5.74) is 2.89. The molecule has 1 aliphatic rings. The van der Waals surface area contributed by atoms with E-state index in [9.17, 15) is 4.79 Å². The number of carbonyl (C=O) groups excluding carboxylic acids is 1. The van der Waals surface area contributed by atoms with Crippen molar-refractivity contribution in [3.05, 3.63) is 47.4 Å². The second-order valence-electron chi connectivity index (χ2n) is 9.23. The maximum atomic E-state index is 13.3. The van der Waals surface area contributed by atoms with E-state index in [1.807, 2.05) is 54.7 Å². The van der Waals surface area contributed by atoms with Crippen molar-refractivity contribution in [1.82, 2.24) is 24.5 Å². The van der Waals surface area contributed by atoms with Gasteiger partial charge in [0.25, 0.3) is 0 Å². The van der Waals surface area contributed by atoms with Crippen LogP contribution in [0, 0.1) is 5.92 Å². The van der Waals surface area contributed by atoms with Gasteiger partial charge >= 0.3 is 0 Å². The number of hydrogen-bond donors (Lipinski definition) is 1. The first-order valence-corrected chi connectivity index (χ1v) is 11.9. The number of hydrogen-bond acceptors (Lipinski definition) is 7. The molecule has 1 unspecified atom stereocenters. The number of nitrogens with one attached hydrogen (secondary N) is 1. The minimum Gasteiger partial charge on any atom is -0.382 e. The summed E-state index contributed by atoms with van der Waals surface area (Å²) in [7, 11) is 3.55. The third kappa shape index (κ3) is 3.95. The van der Waals surface area contributed by atoms with Gasteiger partial charge in [0.05, 0.1) is 23.0 Å². The summed E-state index contributed by atoms with van der Waals surface area (Å²) >= 11 is 1.68. The van der Waals surface area contributed by atoms with E-state index in [0.29, 0.717) is 6.61 Å². The van der Waals surface area contributed by atoms with Gasteiger partial charge in [0, 0.05) is 43.0 Å². The van der Waals surface area contributed by atoms with E-state index in [1.54, 1.807) is 31.0 Å². The molecule has 1 N–H and O–H groups in total. The van der Waals surface area contributed by atoms with Crippen molar-refractivity contribution in [1.29, 1.82) is 0 Å². The molecule has 4 heterocycles. The zero-order valence-corrected chi connectivity index (χ0v) is 20.1. The molecule has 1 aliphatic carbocycles. The summed E-state index contributed by atoms with van der Waals surface area (Å²) < 4.78 is 7.15. The van der Waals surface area contributed by atoms with Crippen molar-refractivity contribution in [2.45, 2.75) is 38.6 Å². The van der Waals surface area contributed by atoms with Gasteiger partial charge in [-0.2, -0.15) is 5.10 Å². The predicted molar refractivity (Wildman–Crippen MR) is 130 cm³/mol. The average molecular weight is 465 g/mol. The molecule has 5 rings (SSSR count). The summed E-state index contributed by atoms with van der Waals surface area (Å²) in [6, 6.07) is 6.00. The first kappa shape index (κ1) is 21.8. The van der Waals surface area contributed by atoms with Crippen molar-refractivity contribution in [2.75, 3.05) is 26.1 Å². The van der Waals surface area contributed by atoms with E-state index in [1.165, 1.54) is 10.4 Å². The minimum absolute atomic E-state index is 0.0275. The number of aryl methyl sites for hydroxylation is 1. The molecule has 0 bridgehead atoms. The van der Waals surface area contributed by atoms with Crippen molar-refractivity contribution in [3.8, 4) is 0 Å². The zero-order chi connectivity index (χ0) is 23.2. The first-order chi connectivity index (χ1) is 15.9. The lowest BCUT2D eigenvalue weighted by Crippen LogP contribution is -2.50. The third-order valence-corrected chi connectivity index (χ3v) is 7.76. The smallest absolute Gasteiger partial charge is 0.226 e. The third-order valence-electron chi connectivity index (χ3n) is 6.59. The molecule has 4 aromatic rings. The number of likely N-dealkylation sites (N-methyl/N-ethyl adjacent to an activating group) is 1. The van der Waals surface area contributed by atoms with Crippen LogP contribution in [-0.2, 0) is 22.4 Å². The van der Waals surface area contributed by atoms with Gasteiger partial charge in [-0.15, -0.1) is 11.3 Å². The molecule has 1 atom stereocenters. The molecular formula is C24H28N6O2S. The largest absolute Gasteiger partial charge is 0.382 e. The summed E-state index contributed by atoms with van der Waals surface area (Å²) in [5, 5.41) is 8.80. The molecule has 9 heteroatoms. The molecule has 0 saturated heterocycles. The van der Waals surface area contributed by atoms with Gasteiger partial charge in [0.1, 0.15) is 17.0 Å². The normalized spacial score (nSPS) is 16.2. The molecule has 0 aliphatic heterocycles. The highest BCUT2D eigenvalue weighted by molar-refractivity contribution is 7.19. The molecule has 172 valence electrons. The predicted octanol–water partition coefficient (Wildman–Crippen LogP) is 4.07. The van der Waals surface area contributed by atoms with Crippen LogP contribution in [0.15, 0.2) is 36.9 Å². The molecule has 0 saturated carbocycles.